The van der Waals surface area contributed by atoms with E-state index < -0.39 is 36.4 Å². The molecule has 200 valence electrons. The van der Waals surface area contributed by atoms with Gasteiger partial charge in [0.05, 0.1) is 31.5 Å². The highest BCUT2D eigenvalue weighted by atomic mass is 16.6. The third-order valence-electron chi connectivity index (χ3n) is 6.71. The third-order valence-corrected chi connectivity index (χ3v) is 6.71. The van der Waals surface area contributed by atoms with Gasteiger partial charge in [0.15, 0.2) is 0 Å². The van der Waals surface area contributed by atoms with Crippen molar-refractivity contribution in [3.63, 3.8) is 0 Å². The van der Waals surface area contributed by atoms with Crippen molar-refractivity contribution in [2.45, 2.75) is 103 Å². The van der Waals surface area contributed by atoms with Gasteiger partial charge in [0, 0.05) is 30.8 Å². The predicted molar refractivity (Wildman–Crippen MR) is 128 cm³/mol. The normalized spacial score (nSPS) is 26.2. The highest BCUT2D eigenvalue weighted by Crippen LogP contribution is 2.40. The minimum atomic E-state index is -1.08. The van der Waals surface area contributed by atoms with Gasteiger partial charge in [-0.05, 0) is 33.1 Å². The number of aliphatic hydroxyl groups excluding tert-OH is 3. The lowest BCUT2D eigenvalue weighted by Crippen LogP contribution is -2.50. The fourth-order valence-electron chi connectivity index (χ4n) is 4.23. The summed E-state index contributed by atoms with van der Waals surface area (Å²) in [5, 5.41) is 39.4. The van der Waals surface area contributed by atoms with Crippen LogP contribution in [0.2, 0.25) is 0 Å². The van der Waals surface area contributed by atoms with Crippen LogP contribution < -0.4 is 0 Å². The molecule has 0 aliphatic carbocycles. The lowest BCUT2D eigenvalue weighted by molar-refractivity contribution is -0.163. The number of hydrogen-bond donors (Lipinski definition) is 4. The Morgan fingerprint density at radius 2 is 1.74 bits per heavy atom. The second-order valence-electron chi connectivity index (χ2n) is 9.86. The van der Waals surface area contributed by atoms with Crippen LogP contribution in [0.15, 0.2) is 23.2 Å². The fourth-order valence-corrected chi connectivity index (χ4v) is 4.23. The first-order valence-corrected chi connectivity index (χ1v) is 12.7. The van der Waals surface area contributed by atoms with E-state index in [1.807, 2.05) is 6.92 Å². The van der Waals surface area contributed by atoms with Gasteiger partial charge in [-0.15, -0.1) is 0 Å². The van der Waals surface area contributed by atoms with Crippen LogP contribution >= 0.6 is 0 Å². The molecule has 0 radical (unpaired) electrons. The largest absolute Gasteiger partial charge is 0.481 e. The number of rotatable bonds is 16. The first-order chi connectivity index (χ1) is 16.6. The van der Waals surface area contributed by atoms with Crippen molar-refractivity contribution in [1.82, 2.24) is 0 Å². The maximum Gasteiger partial charge on any atom is 0.330 e. The lowest BCUT2D eigenvalue weighted by atomic mass is 9.87. The number of aliphatic carboxylic acids is 1. The highest BCUT2D eigenvalue weighted by molar-refractivity contribution is 5.82. The molecule has 0 aromatic heterocycles. The minimum absolute atomic E-state index is 0.104. The van der Waals surface area contributed by atoms with Crippen LogP contribution in [0.5, 0.6) is 0 Å². The van der Waals surface area contributed by atoms with Gasteiger partial charge >= 0.3 is 11.9 Å². The van der Waals surface area contributed by atoms with Gasteiger partial charge in [-0.25, -0.2) is 4.79 Å². The standard InChI is InChI=1S/C26H42O9/c1-16(13-23(30)33-11-9-7-5-4-6-8-10-22(28)29)12-20-25(32)24(31)19(15-34-20)14-21-26(35-21)17(2)18(3)27/h13,17-20,24-25,27,31-32H,4-12,14-15H2,1-3H3,(H,28,29)/b16-13+/t17-,18+,19+,20+,24-,25+/m1/s1. The summed E-state index contributed by atoms with van der Waals surface area (Å²) in [6.07, 6.45) is 4.40. The summed E-state index contributed by atoms with van der Waals surface area (Å²) in [4.78, 5) is 22.5. The lowest BCUT2D eigenvalue weighted by Gasteiger charge is -2.37. The van der Waals surface area contributed by atoms with Crippen molar-refractivity contribution in [3.05, 3.63) is 23.2 Å². The average molecular weight is 499 g/mol. The summed E-state index contributed by atoms with van der Waals surface area (Å²) < 4.78 is 16.5. The summed E-state index contributed by atoms with van der Waals surface area (Å²) in [5.41, 5.74) is 0.699. The smallest absolute Gasteiger partial charge is 0.330 e. The average Bonchev–Trinajstić information content (AvgIpc) is 3.55. The van der Waals surface area contributed by atoms with E-state index in [1.54, 1.807) is 13.8 Å². The van der Waals surface area contributed by atoms with Crippen molar-refractivity contribution < 1.29 is 44.2 Å². The van der Waals surface area contributed by atoms with Crippen molar-refractivity contribution >= 4 is 11.9 Å². The molecule has 2 aliphatic rings. The third kappa shape index (κ3) is 10.3. The molecule has 1 fully saturated rings. The van der Waals surface area contributed by atoms with E-state index in [4.69, 9.17) is 19.3 Å². The zero-order valence-corrected chi connectivity index (χ0v) is 21.1. The Hall–Kier alpha value is -1.94. The van der Waals surface area contributed by atoms with Crippen LogP contribution in [0.3, 0.4) is 0 Å². The summed E-state index contributed by atoms with van der Waals surface area (Å²) in [7, 11) is 0. The number of esters is 1. The maximum atomic E-state index is 12.0. The summed E-state index contributed by atoms with van der Waals surface area (Å²) >= 11 is 0. The zero-order valence-electron chi connectivity index (χ0n) is 21.1. The molecular formula is C26H42O9. The molecule has 9 heteroatoms. The van der Waals surface area contributed by atoms with Crippen LogP contribution in [-0.4, -0.2) is 70.0 Å². The van der Waals surface area contributed by atoms with E-state index >= 15 is 0 Å². The molecule has 2 heterocycles. The van der Waals surface area contributed by atoms with Crippen molar-refractivity contribution in [3.8, 4) is 0 Å². The second kappa shape index (κ2) is 14.6. The molecule has 4 N–H and O–H groups in total. The van der Waals surface area contributed by atoms with Gasteiger partial charge in [-0.1, -0.05) is 38.2 Å². The Labute approximate surface area is 207 Å². The Morgan fingerprint density at radius 3 is 2.40 bits per heavy atom. The molecule has 0 aromatic rings. The first-order valence-electron chi connectivity index (χ1n) is 12.7. The monoisotopic (exact) mass is 498 g/mol. The number of carboxylic acids is 1. The Kier molecular flexibility index (Phi) is 12.2. The van der Waals surface area contributed by atoms with Gasteiger partial charge in [-0.3, -0.25) is 4.79 Å². The van der Waals surface area contributed by atoms with Crippen molar-refractivity contribution in [2.75, 3.05) is 13.2 Å². The number of carbonyl (C=O) groups is 2. The first kappa shape index (κ1) is 29.3. The van der Waals surface area contributed by atoms with Gasteiger partial charge < -0.3 is 34.6 Å². The number of aliphatic hydroxyl groups is 3. The molecule has 35 heavy (non-hydrogen) atoms. The Bertz CT molecular complexity index is 758. The zero-order chi connectivity index (χ0) is 26.0. The van der Waals surface area contributed by atoms with E-state index in [1.165, 1.54) is 6.08 Å². The molecule has 2 aliphatic heterocycles. The molecule has 0 unspecified atom stereocenters. The van der Waals surface area contributed by atoms with Crippen LogP contribution in [0.25, 0.3) is 0 Å². The predicted octanol–water partition coefficient (Wildman–Crippen LogP) is 3.07. The topological polar surface area (TPSA) is 146 Å². The van der Waals surface area contributed by atoms with Gasteiger partial charge in [0.1, 0.15) is 17.6 Å². The van der Waals surface area contributed by atoms with E-state index in [0.29, 0.717) is 31.4 Å². The number of unbranched alkanes of at least 4 members (excludes halogenated alkanes) is 5. The van der Waals surface area contributed by atoms with Crippen LogP contribution in [0.4, 0.5) is 0 Å². The Morgan fingerprint density at radius 1 is 1.09 bits per heavy atom. The molecular weight excluding hydrogens is 456 g/mol. The number of ether oxygens (including phenoxy) is 3. The van der Waals surface area contributed by atoms with E-state index in [-0.39, 0.29) is 24.9 Å². The molecule has 0 spiro atoms. The SMILES string of the molecule is C/C(=C\C(=O)OCCCCCCCCC(=O)O)C[C@@H]1OC[C@H](CC2=C([C@H](C)[C@H](C)O)O2)[C@@H](O)[C@H]1O. The summed E-state index contributed by atoms with van der Waals surface area (Å²) in [6.45, 7) is 5.93. The van der Waals surface area contributed by atoms with Crippen LogP contribution in [0.1, 0.15) is 78.6 Å². The molecule has 0 bridgehead atoms. The van der Waals surface area contributed by atoms with Gasteiger partial charge in [0.25, 0.3) is 0 Å². The van der Waals surface area contributed by atoms with E-state index in [9.17, 15) is 24.9 Å². The maximum absolute atomic E-state index is 12.0. The molecule has 2 rings (SSSR count). The molecule has 0 saturated carbocycles. The van der Waals surface area contributed by atoms with Crippen molar-refractivity contribution in [2.24, 2.45) is 11.8 Å². The molecule has 6 atom stereocenters. The van der Waals surface area contributed by atoms with E-state index in [2.05, 4.69) is 0 Å². The molecule has 0 aromatic carbocycles. The fraction of sp³-hybridized carbons (Fsp3) is 0.769. The van der Waals surface area contributed by atoms with Crippen molar-refractivity contribution in [1.29, 1.82) is 0 Å². The van der Waals surface area contributed by atoms with Gasteiger partial charge in [0.2, 0.25) is 0 Å². The molecule has 1 saturated heterocycles. The van der Waals surface area contributed by atoms with E-state index in [0.717, 1.165) is 43.6 Å². The number of allylic oxidation sites excluding steroid dienone is 1. The molecule has 0 amide bonds. The molecule has 9 nitrogen and oxygen atoms in total. The number of carbonyl (C=O) groups excluding carboxylic acids is 1. The minimum Gasteiger partial charge on any atom is -0.481 e. The Balaban J connectivity index is 1.64. The number of hydrogen-bond acceptors (Lipinski definition) is 8. The van der Waals surface area contributed by atoms with Gasteiger partial charge in [-0.2, -0.15) is 0 Å². The highest BCUT2D eigenvalue weighted by Gasteiger charge is 2.42. The van der Waals surface area contributed by atoms with Crippen LogP contribution in [0, 0.1) is 11.8 Å². The second-order valence-corrected chi connectivity index (χ2v) is 9.86. The quantitative estimate of drug-likeness (QED) is 0.143. The summed E-state index contributed by atoms with van der Waals surface area (Å²) in [5.74, 6) is -0.117. The summed E-state index contributed by atoms with van der Waals surface area (Å²) in [6, 6.07) is 0. The van der Waals surface area contributed by atoms with Crippen LogP contribution in [-0.2, 0) is 23.8 Å². The number of carboxylic acid groups (broad SMARTS) is 1.